The molecule has 0 amide bonds. The molecule has 0 aliphatic carbocycles. The summed E-state index contributed by atoms with van der Waals surface area (Å²) in [4.78, 5) is 9.86. The molecule has 0 spiro atoms. The highest BCUT2D eigenvalue weighted by atomic mass is 19.1. The zero-order chi connectivity index (χ0) is 14.1. The molecule has 0 N–H and O–H groups in total. The van der Waals surface area contributed by atoms with Gasteiger partial charge in [-0.15, -0.1) is 10.2 Å². The minimum atomic E-state index is -0.926. The Bertz CT molecular complexity index is 767. The van der Waals surface area contributed by atoms with Crippen LogP contribution in [0.25, 0.3) is 23.1 Å². The fourth-order valence-electron chi connectivity index (χ4n) is 1.63. The Morgan fingerprint density at radius 1 is 1.20 bits per heavy atom. The van der Waals surface area contributed by atoms with Crippen molar-refractivity contribution in [1.82, 2.24) is 10.2 Å². The zero-order valence-electron chi connectivity index (χ0n) is 9.82. The molecular formula is C12H6FN3O4. The van der Waals surface area contributed by atoms with Gasteiger partial charge in [0.15, 0.2) is 5.76 Å². The lowest BCUT2D eigenvalue weighted by Gasteiger charge is -1.96. The maximum Gasteiger partial charge on any atom is 0.305 e. The van der Waals surface area contributed by atoms with Gasteiger partial charge < -0.3 is 8.83 Å². The van der Waals surface area contributed by atoms with Crippen LogP contribution < -0.4 is 0 Å². The van der Waals surface area contributed by atoms with Gasteiger partial charge in [0.05, 0.1) is 11.2 Å². The Hall–Kier alpha value is -3.03. The molecule has 0 aliphatic heterocycles. The van der Waals surface area contributed by atoms with Crippen LogP contribution in [0.2, 0.25) is 0 Å². The highest BCUT2D eigenvalue weighted by Gasteiger charge is 2.18. The van der Waals surface area contributed by atoms with Crippen molar-refractivity contribution in [3.05, 3.63) is 52.5 Å². The number of halogens is 1. The molecule has 0 aliphatic rings. The van der Waals surface area contributed by atoms with E-state index in [1.165, 1.54) is 12.3 Å². The van der Waals surface area contributed by atoms with Crippen molar-refractivity contribution in [2.45, 2.75) is 0 Å². The lowest BCUT2D eigenvalue weighted by molar-refractivity contribution is -0.387. The van der Waals surface area contributed by atoms with Crippen LogP contribution in [0.3, 0.4) is 0 Å². The van der Waals surface area contributed by atoms with Gasteiger partial charge in [0, 0.05) is 11.6 Å². The molecule has 7 nitrogen and oxygen atoms in total. The van der Waals surface area contributed by atoms with E-state index in [4.69, 9.17) is 8.83 Å². The third kappa shape index (κ3) is 2.03. The SMILES string of the molecule is O=[N+]([O-])c1cc(-c2nnc(-c3ccco3)o2)ccc1F. The predicted octanol–water partition coefficient (Wildman–Crippen LogP) is 3.04. The summed E-state index contributed by atoms with van der Waals surface area (Å²) in [5.41, 5.74) is -0.399. The maximum atomic E-state index is 13.2. The van der Waals surface area contributed by atoms with E-state index in [0.717, 1.165) is 12.1 Å². The van der Waals surface area contributed by atoms with Crippen LogP contribution >= 0.6 is 0 Å². The van der Waals surface area contributed by atoms with Gasteiger partial charge in [0.2, 0.25) is 11.7 Å². The molecule has 20 heavy (non-hydrogen) atoms. The van der Waals surface area contributed by atoms with Crippen molar-refractivity contribution in [2.24, 2.45) is 0 Å². The molecule has 1 aromatic carbocycles. The van der Waals surface area contributed by atoms with E-state index in [-0.39, 0.29) is 17.3 Å². The highest BCUT2D eigenvalue weighted by molar-refractivity contribution is 5.59. The third-order valence-electron chi connectivity index (χ3n) is 2.55. The second kappa shape index (κ2) is 4.57. The van der Waals surface area contributed by atoms with E-state index >= 15 is 0 Å². The first-order chi connectivity index (χ1) is 9.65. The number of nitro benzene ring substituents is 1. The Kier molecular flexibility index (Phi) is 2.75. The number of hydrogen-bond acceptors (Lipinski definition) is 6. The minimum Gasteiger partial charge on any atom is -0.459 e. The molecule has 3 aromatic rings. The van der Waals surface area contributed by atoms with Gasteiger partial charge in [0.1, 0.15) is 0 Å². The summed E-state index contributed by atoms with van der Waals surface area (Å²) in [6.07, 6.45) is 1.45. The van der Waals surface area contributed by atoms with Crippen LogP contribution in [-0.4, -0.2) is 15.1 Å². The van der Waals surface area contributed by atoms with Crippen molar-refractivity contribution >= 4 is 5.69 Å². The van der Waals surface area contributed by atoms with E-state index in [2.05, 4.69) is 10.2 Å². The number of furan rings is 1. The second-order valence-corrected chi connectivity index (χ2v) is 3.81. The molecule has 8 heteroatoms. The average Bonchev–Trinajstić information content (AvgIpc) is 3.09. The van der Waals surface area contributed by atoms with Crippen molar-refractivity contribution in [1.29, 1.82) is 0 Å². The number of nitrogens with zero attached hydrogens (tertiary/aromatic N) is 3. The first-order valence-electron chi connectivity index (χ1n) is 5.47. The fraction of sp³-hybridized carbons (Fsp3) is 0. The first-order valence-corrected chi connectivity index (χ1v) is 5.47. The minimum absolute atomic E-state index is 0.0412. The molecule has 2 heterocycles. The van der Waals surface area contributed by atoms with Crippen LogP contribution in [0.4, 0.5) is 10.1 Å². The van der Waals surface area contributed by atoms with Crippen molar-refractivity contribution in [2.75, 3.05) is 0 Å². The molecule has 2 aromatic heterocycles. The van der Waals surface area contributed by atoms with Gasteiger partial charge in [0.25, 0.3) is 5.89 Å². The molecule has 100 valence electrons. The summed E-state index contributed by atoms with van der Waals surface area (Å²) in [6, 6.07) is 6.62. The van der Waals surface area contributed by atoms with E-state index < -0.39 is 16.4 Å². The summed E-state index contributed by atoms with van der Waals surface area (Å²) in [5.74, 6) is -0.374. The summed E-state index contributed by atoms with van der Waals surface area (Å²) in [6.45, 7) is 0. The number of nitro groups is 1. The van der Waals surface area contributed by atoms with Gasteiger partial charge in [-0.3, -0.25) is 10.1 Å². The van der Waals surface area contributed by atoms with Crippen LogP contribution in [0.5, 0.6) is 0 Å². The van der Waals surface area contributed by atoms with Crippen LogP contribution in [0, 0.1) is 15.9 Å². The number of benzene rings is 1. The smallest absolute Gasteiger partial charge is 0.305 e. The lowest BCUT2D eigenvalue weighted by Crippen LogP contribution is -1.92. The monoisotopic (exact) mass is 275 g/mol. The van der Waals surface area contributed by atoms with Gasteiger partial charge in [-0.1, -0.05) is 0 Å². The Labute approximate surface area is 110 Å². The average molecular weight is 275 g/mol. The molecule has 0 fully saturated rings. The first kappa shape index (κ1) is 12.0. The van der Waals surface area contributed by atoms with Crippen molar-refractivity contribution in [3.8, 4) is 23.1 Å². The van der Waals surface area contributed by atoms with E-state index in [1.54, 1.807) is 12.1 Å². The maximum absolute atomic E-state index is 13.2. The predicted molar refractivity (Wildman–Crippen MR) is 64.0 cm³/mol. The van der Waals surface area contributed by atoms with E-state index in [0.29, 0.717) is 5.76 Å². The third-order valence-corrected chi connectivity index (χ3v) is 2.55. The van der Waals surface area contributed by atoms with Crippen LogP contribution in [0.1, 0.15) is 0 Å². The van der Waals surface area contributed by atoms with E-state index in [9.17, 15) is 14.5 Å². The number of hydrogen-bond donors (Lipinski definition) is 0. The van der Waals surface area contributed by atoms with Crippen molar-refractivity contribution < 1.29 is 18.1 Å². The molecule has 3 rings (SSSR count). The van der Waals surface area contributed by atoms with Crippen molar-refractivity contribution in [3.63, 3.8) is 0 Å². The highest BCUT2D eigenvalue weighted by Crippen LogP contribution is 2.27. The molecule has 0 radical (unpaired) electrons. The van der Waals surface area contributed by atoms with Gasteiger partial charge in [-0.2, -0.15) is 4.39 Å². The Morgan fingerprint density at radius 2 is 2.00 bits per heavy atom. The quantitative estimate of drug-likeness (QED) is 0.538. The Morgan fingerprint density at radius 3 is 2.70 bits per heavy atom. The van der Waals surface area contributed by atoms with Gasteiger partial charge in [-0.05, 0) is 24.3 Å². The largest absolute Gasteiger partial charge is 0.459 e. The second-order valence-electron chi connectivity index (χ2n) is 3.81. The summed E-state index contributed by atoms with van der Waals surface area (Å²) < 4.78 is 23.7. The fourth-order valence-corrected chi connectivity index (χ4v) is 1.63. The standard InChI is InChI=1S/C12H6FN3O4/c13-8-4-3-7(6-9(8)16(17)18)11-14-15-12(20-11)10-2-1-5-19-10/h1-6H. The summed E-state index contributed by atoms with van der Waals surface area (Å²) in [5, 5.41) is 18.2. The molecule has 0 bridgehead atoms. The normalized spacial score (nSPS) is 10.7. The summed E-state index contributed by atoms with van der Waals surface area (Å²) in [7, 11) is 0. The topological polar surface area (TPSA) is 95.2 Å². The van der Waals surface area contributed by atoms with Crippen LogP contribution in [-0.2, 0) is 0 Å². The molecular weight excluding hydrogens is 269 g/mol. The van der Waals surface area contributed by atoms with Gasteiger partial charge in [-0.25, -0.2) is 0 Å². The van der Waals surface area contributed by atoms with Crippen LogP contribution in [0.15, 0.2) is 45.4 Å². The zero-order valence-corrected chi connectivity index (χ0v) is 9.82. The molecule has 0 saturated carbocycles. The van der Waals surface area contributed by atoms with Gasteiger partial charge >= 0.3 is 5.69 Å². The Balaban J connectivity index is 2.02. The number of rotatable bonds is 3. The summed E-state index contributed by atoms with van der Waals surface area (Å²) >= 11 is 0. The number of aromatic nitrogens is 2. The molecule has 0 saturated heterocycles. The lowest BCUT2D eigenvalue weighted by atomic mass is 10.2. The molecule has 0 unspecified atom stereocenters. The van der Waals surface area contributed by atoms with E-state index in [1.807, 2.05) is 0 Å². The molecule has 0 atom stereocenters.